The van der Waals surface area contributed by atoms with E-state index in [0.29, 0.717) is 6.42 Å². The lowest BCUT2D eigenvalue weighted by Crippen LogP contribution is -2.23. The lowest BCUT2D eigenvalue weighted by Gasteiger charge is -2.13. The predicted molar refractivity (Wildman–Crippen MR) is 66.2 cm³/mol. The standard InChI is InChI=1S/C14H19O3/c1-11(8-12-6-4-3-5-7-12)9-13(10-15)14(16)17-2/h3-7,11,13,15H,1,8-10H2,2H3/q+1/t11-,13+/m0/s1. The molecular weight excluding hydrogens is 216 g/mol. The molecule has 0 saturated carbocycles. The van der Waals surface area contributed by atoms with Crippen LogP contribution in [0.25, 0.3) is 0 Å². The Morgan fingerprint density at radius 2 is 2.06 bits per heavy atom. The predicted octanol–water partition coefficient (Wildman–Crippen LogP) is 1.85. The molecular formula is C14H19O3+. The van der Waals surface area contributed by atoms with Gasteiger partial charge in [0.25, 0.3) is 0 Å². The monoisotopic (exact) mass is 235 g/mol. The fourth-order valence-corrected chi connectivity index (χ4v) is 1.85. The molecule has 0 aliphatic heterocycles. The molecule has 2 atom stereocenters. The van der Waals surface area contributed by atoms with Crippen molar-refractivity contribution in [3.8, 4) is 0 Å². The topological polar surface area (TPSA) is 46.5 Å². The van der Waals surface area contributed by atoms with Gasteiger partial charge in [0.15, 0.2) is 0 Å². The number of aliphatic hydroxyl groups is 1. The van der Waals surface area contributed by atoms with E-state index >= 15 is 0 Å². The van der Waals surface area contributed by atoms with Crippen LogP contribution in [0.4, 0.5) is 0 Å². The molecule has 0 aliphatic carbocycles. The van der Waals surface area contributed by atoms with E-state index in [1.54, 1.807) is 0 Å². The van der Waals surface area contributed by atoms with Crippen molar-refractivity contribution in [2.45, 2.75) is 12.8 Å². The van der Waals surface area contributed by atoms with Crippen LogP contribution in [0.3, 0.4) is 0 Å². The number of esters is 1. The number of methoxy groups -OCH3 is 1. The third-order valence-corrected chi connectivity index (χ3v) is 2.74. The van der Waals surface area contributed by atoms with Gasteiger partial charge in [-0.2, -0.15) is 0 Å². The van der Waals surface area contributed by atoms with E-state index in [4.69, 9.17) is 5.11 Å². The van der Waals surface area contributed by atoms with Gasteiger partial charge in [0, 0.05) is 12.8 Å². The Labute approximate surface area is 102 Å². The van der Waals surface area contributed by atoms with Crippen molar-refractivity contribution < 1.29 is 14.6 Å². The van der Waals surface area contributed by atoms with Gasteiger partial charge in [0.2, 0.25) is 0 Å². The summed E-state index contributed by atoms with van der Waals surface area (Å²) in [7, 11) is 1.33. The van der Waals surface area contributed by atoms with Crippen molar-refractivity contribution in [1.82, 2.24) is 0 Å². The second kappa shape index (κ2) is 6.97. The Balaban J connectivity index is 2.48. The third kappa shape index (κ3) is 4.49. The maximum Gasteiger partial charge on any atom is 0.311 e. The average Bonchev–Trinajstić information content (AvgIpc) is 2.36. The van der Waals surface area contributed by atoms with E-state index in [-0.39, 0.29) is 18.5 Å². The van der Waals surface area contributed by atoms with Gasteiger partial charge in [0.05, 0.1) is 26.6 Å². The lowest BCUT2D eigenvalue weighted by molar-refractivity contribution is -0.147. The number of benzene rings is 1. The summed E-state index contributed by atoms with van der Waals surface area (Å²) in [5.41, 5.74) is 1.19. The maximum absolute atomic E-state index is 11.3. The Hall–Kier alpha value is -1.48. The van der Waals surface area contributed by atoms with E-state index in [0.717, 1.165) is 6.42 Å². The van der Waals surface area contributed by atoms with Crippen molar-refractivity contribution >= 4 is 5.97 Å². The van der Waals surface area contributed by atoms with E-state index in [2.05, 4.69) is 11.7 Å². The first-order valence-corrected chi connectivity index (χ1v) is 5.73. The zero-order valence-electron chi connectivity index (χ0n) is 10.1. The Morgan fingerprint density at radius 3 is 2.59 bits per heavy atom. The average molecular weight is 235 g/mol. The molecule has 0 radical (unpaired) electrons. The first kappa shape index (κ1) is 13.6. The number of carbonyl (C=O) groups is 1. The molecule has 1 aromatic rings. The number of carbonyl (C=O) groups excluding carboxylic acids is 1. The first-order valence-electron chi connectivity index (χ1n) is 5.73. The van der Waals surface area contributed by atoms with E-state index in [9.17, 15) is 4.79 Å². The van der Waals surface area contributed by atoms with Crippen LogP contribution in [0.1, 0.15) is 12.0 Å². The van der Waals surface area contributed by atoms with Crippen molar-refractivity contribution in [1.29, 1.82) is 0 Å². The fraction of sp³-hybridized carbons (Fsp3) is 0.429. The molecule has 17 heavy (non-hydrogen) atoms. The SMILES string of the molecule is [CH2+][C@@H](Cc1ccccc1)C[C@H](CO)C(=O)OC. The molecule has 1 rings (SSSR count). The van der Waals surface area contributed by atoms with Crippen LogP contribution in [0, 0.1) is 18.8 Å². The molecule has 1 aromatic carbocycles. The molecule has 0 unspecified atom stereocenters. The van der Waals surface area contributed by atoms with Crippen molar-refractivity contribution in [2.75, 3.05) is 13.7 Å². The van der Waals surface area contributed by atoms with Gasteiger partial charge in [-0.3, -0.25) is 4.79 Å². The zero-order chi connectivity index (χ0) is 12.7. The van der Waals surface area contributed by atoms with Gasteiger partial charge in [-0.1, -0.05) is 30.3 Å². The summed E-state index contributed by atoms with van der Waals surface area (Å²) in [6, 6.07) is 9.99. The summed E-state index contributed by atoms with van der Waals surface area (Å²) >= 11 is 0. The van der Waals surface area contributed by atoms with E-state index in [1.165, 1.54) is 12.7 Å². The van der Waals surface area contributed by atoms with Crippen molar-refractivity contribution in [2.24, 2.45) is 11.8 Å². The molecule has 0 saturated heterocycles. The third-order valence-electron chi connectivity index (χ3n) is 2.74. The summed E-state index contributed by atoms with van der Waals surface area (Å²) in [5, 5.41) is 9.11. The van der Waals surface area contributed by atoms with Crippen molar-refractivity contribution in [3.63, 3.8) is 0 Å². The zero-order valence-corrected chi connectivity index (χ0v) is 10.1. The Kier molecular flexibility index (Phi) is 5.57. The van der Waals surface area contributed by atoms with Gasteiger partial charge in [-0.15, -0.1) is 0 Å². The largest absolute Gasteiger partial charge is 0.469 e. The summed E-state index contributed by atoms with van der Waals surface area (Å²) in [6.07, 6.45) is 1.34. The Bertz CT molecular complexity index is 335. The van der Waals surface area contributed by atoms with Crippen LogP contribution in [0.5, 0.6) is 0 Å². The highest BCUT2D eigenvalue weighted by Gasteiger charge is 2.24. The normalized spacial score (nSPS) is 14.0. The number of aliphatic hydroxyl groups excluding tert-OH is 1. The highest BCUT2D eigenvalue weighted by Crippen LogP contribution is 2.17. The van der Waals surface area contributed by atoms with Gasteiger partial charge in [-0.25, -0.2) is 0 Å². The van der Waals surface area contributed by atoms with Crippen LogP contribution in [0.15, 0.2) is 30.3 Å². The molecule has 0 fully saturated rings. The summed E-state index contributed by atoms with van der Waals surface area (Å²) in [6.45, 7) is 3.83. The molecule has 0 heterocycles. The van der Waals surface area contributed by atoms with Gasteiger partial charge in [-0.05, 0) is 5.56 Å². The quantitative estimate of drug-likeness (QED) is 0.604. The van der Waals surface area contributed by atoms with E-state index < -0.39 is 5.92 Å². The minimum Gasteiger partial charge on any atom is -0.469 e. The van der Waals surface area contributed by atoms with Crippen LogP contribution in [-0.4, -0.2) is 24.8 Å². The first-order chi connectivity index (χ1) is 8.17. The molecule has 3 heteroatoms. The minimum absolute atomic E-state index is 0.0913. The molecule has 3 nitrogen and oxygen atoms in total. The lowest BCUT2D eigenvalue weighted by atomic mass is 9.91. The van der Waals surface area contributed by atoms with Crippen LogP contribution >= 0.6 is 0 Å². The second-order valence-electron chi connectivity index (χ2n) is 4.19. The van der Waals surface area contributed by atoms with Gasteiger partial charge in [0.1, 0.15) is 5.92 Å². The maximum atomic E-state index is 11.3. The number of hydrogen-bond acceptors (Lipinski definition) is 3. The Morgan fingerprint density at radius 1 is 1.41 bits per heavy atom. The molecule has 0 amide bonds. The highest BCUT2D eigenvalue weighted by atomic mass is 16.5. The van der Waals surface area contributed by atoms with Crippen LogP contribution < -0.4 is 0 Å². The van der Waals surface area contributed by atoms with E-state index in [1.807, 2.05) is 30.3 Å². The van der Waals surface area contributed by atoms with Crippen LogP contribution in [0.2, 0.25) is 0 Å². The molecule has 92 valence electrons. The summed E-state index contributed by atoms with van der Waals surface area (Å²) < 4.78 is 4.63. The summed E-state index contributed by atoms with van der Waals surface area (Å²) in [5.74, 6) is -0.742. The number of hydrogen-bond donors (Lipinski definition) is 1. The highest BCUT2D eigenvalue weighted by molar-refractivity contribution is 5.72. The second-order valence-corrected chi connectivity index (χ2v) is 4.19. The van der Waals surface area contributed by atoms with Gasteiger partial charge >= 0.3 is 5.97 Å². The smallest absolute Gasteiger partial charge is 0.311 e. The molecule has 0 spiro atoms. The minimum atomic E-state index is -0.466. The number of rotatable bonds is 6. The number of ether oxygens (including phenoxy) is 1. The summed E-state index contributed by atoms with van der Waals surface area (Å²) in [4.78, 5) is 11.3. The molecule has 1 N–H and O–H groups in total. The van der Waals surface area contributed by atoms with Crippen LogP contribution in [-0.2, 0) is 16.0 Å². The molecule has 0 aliphatic rings. The molecule has 0 bridgehead atoms. The fourth-order valence-electron chi connectivity index (χ4n) is 1.85. The van der Waals surface area contributed by atoms with Gasteiger partial charge < -0.3 is 9.84 Å². The molecule has 0 aromatic heterocycles. The van der Waals surface area contributed by atoms with Crippen molar-refractivity contribution in [3.05, 3.63) is 42.8 Å².